The summed E-state index contributed by atoms with van der Waals surface area (Å²) in [6.07, 6.45) is 5.21. The maximum absolute atomic E-state index is 12.7. The molecule has 2 aromatic carbocycles. The van der Waals surface area contributed by atoms with Gasteiger partial charge in [0.15, 0.2) is 11.4 Å². The second kappa shape index (κ2) is 16.2. The number of ether oxygens (including phenoxy) is 2. The zero-order valence-corrected chi connectivity index (χ0v) is 36.3. The topological polar surface area (TPSA) is 145 Å². The van der Waals surface area contributed by atoms with Crippen molar-refractivity contribution in [3.05, 3.63) is 58.7 Å². The second-order valence-electron chi connectivity index (χ2n) is 18.0. The van der Waals surface area contributed by atoms with E-state index in [2.05, 4.69) is 78.4 Å². The normalized spacial score (nSPS) is 21.6. The van der Waals surface area contributed by atoms with Crippen LogP contribution in [0.3, 0.4) is 0 Å². The Bertz CT molecular complexity index is 2030. The lowest BCUT2D eigenvalue weighted by atomic mass is 9.78. The van der Waals surface area contributed by atoms with Gasteiger partial charge in [0.05, 0.1) is 22.6 Å². The largest absolute Gasteiger partial charge is 0.494 e. The Labute approximate surface area is 344 Å². The molecule has 2 atom stereocenters. The molecule has 1 aromatic heterocycles. The first-order valence-corrected chi connectivity index (χ1v) is 20.5. The zero-order valence-electron chi connectivity index (χ0n) is 34.7. The van der Waals surface area contributed by atoms with E-state index in [-0.39, 0.29) is 36.4 Å². The summed E-state index contributed by atoms with van der Waals surface area (Å²) in [5.41, 5.74) is 3.12. The molecule has 1 unspecified atom stereocenters. The average Bonchev–Trinajstić information content (AvgIpc) is 3.95. The number of likely N-dealkylation sites (tertiary alicyclic amines) is 2. The number of halogens is 1. The van der Waals surface area contributed by atoms with Crippen LogP contribution in [0.1, 0.15) is 107 Å². The van der Waals surface area contributed by atoms with Crippen molar-refractivity contribution in [1.29, 1.82) is 0 Å². The number of carbonyl (C=O) groups excluding carboxylic acids is 3. The van der Waals surface area contributed by atoms with Gasteiger partial charge >= 0.3 is 19.3 Å². The monoisotopic (exact) mass is 847 g/mol. The molecule has 7 rings (SSSR count). The van der Waals surface area contributed by atoms with Crippen molar-refractivity contribution in [2.75, 3.05) is 18.4 Å². The molecular weight excluding hydrogens is 793 g/mol. The standard InChI is InChI=1S/C25H35BN2O4.C17H20BrN3O4/c1-23(2,3)30-22(29)28-14-8-9-21(28)20-15-18(16-27-20)17-10-12-19(13-11-17)26-31-24(4,5)25(6,7)32-26;1-17(2,3)24-16(23)21-8-4-5-12(21)15(22)19-14-11-9-10(18)6-7-13(11)25-20-14/h10-13,16,21H,8-9,14-15H2,1-7H3;6-7,9,12H,4-5,8H2,1-3H3,(H,19,20,22)/t;12-/m.0/s1. The van der Waals surface area contributed by atoms with E-state index in [4.69, 9.17) is 28.3 Å². The minimum absolute atomic E-state index is 0.0163. The van der Waals surface area contributed by atoms with E-state index in [1.807, 2.05) is 44.0 Å². The van der Waals surface area contributed by atoms with Crippen molar-refractivity contribution >= 4 is 74.7 Å². The Morgan fingerprint density at radius 3 is 2.09 bits per heavy atom. The van der Waals surface area contributed by atoms with Crippen LogP contribution in [-0.2, 0) is 23.6 Å². The van der Waals surface area contributed by atoms with E-state index in [1.165, 1.54) is 4.90 Å². The molecule has 57 heavy (non-hydrogen) atoms. The van der Waals surface area contributed by atoms with Crippen LogP contribution in [0.15, 0.2) is 62.7 Å². The molecule has 13 nitrogen and oxygen atoms in total. The number of allylic oxidation sites excluding steroid dienone is 1. The SMILES string of the molecule is CC(C)(C)OC(=O)N1CCCC1C1=NC=C(c2ccc(B3OC(C)(C)C(C)(C)O3)cc2)C1.CC(C)(C)OC(=O)N1CCC[C@H]1C(=O)Nc1noc2ccc(Br)cc12. The summed E-state index contributed by atoms with van der Waals surface area (Å²) in [6, 6.07) is 13.2. The van der Waals surface area contributed by atoms with E-state index in [1.54, 1.807) is 26.8 Å². The zero-order chi connectivity index (χ0) is 41.5. The molecule has 1 N–H and O–H groups in total. The van der Waals surface area contributed by atoms with E-state index in [9.17, 15) is 14.4 Å². The molecule has 3 fully saturated rings. The number of carbonyl (C=O) groups is 3. The summed E-state index contributed by atoms with van der Waals surface area (Å²) in [5, 5.41) is 7.38. The third-order valence-electron chi connectivity index (χ3n) is 10.7. The summed E-state index contributed by atoms with van der Waals surface area (Å²) < 4.78 is 29.4. The Hall–Kier alpha value is -4.21. The minimum atomic E-state index is -0.602. The van der Waals surface area contributed by atoms with Crippen LogP contribution in [-0.4, -0.2) is 93.5 Å². The summed E-state index contributed by atoms with van der Waals surface area (Å²) in [6.45, 7) is 20.6. The van der Waals surface area contributed by atoms with Gasteiger partial charge < -0.3 is 28.6 Å². The highest BCUT2D eigenvalue weighted by molar-refractivity contribution is 9.10. The highest BCUT2D eigenvalue weighted by atomic mass is 79.9. The maximum atomic E-state index is 12.7. The fourth-order valence-corrected chi connectivity index (χ4v) is 7.45. The highest BCUT2D eigenvalue weighted by Crippen LogP contribution is 2.37. The number of fused-ring (bicyclic) bond motifs is 1. The number of anilines is 1. The molecule has 0 aliphatic carbocycles. The molecular formula is C42H55BBrN5O8. The molecule has 4 aliphatic heterocycles. The minimum Gasteiger partial charge on any atom is -0.444 e. The lowest BCUT2D eigenvalue weighted by Gasteiger charge is -2.32. The summed E-state index contributed by atoms with van der Waals surface area (Å²) in [4.78, 5) is 45.6. The van der Waals surface area contributed by atoms with Gasteiger partial charge in [-0.2, -0.15) is 0 Å². The average molecular weight is 849 g/mol. The van der Waals surface area contributed by atoms with E-state index >= 15 is 0 Å². The van der Waals surface area contributed by atoms with E-state index in [0.29, 0.717) is 29.8 Å². The number of benzene rings is 2. The number of hydrogen-bond donors (Lipinski definition) is 1. The third kappa shape index (κ3) is 9.92. The van der Waals surface area contributed by atoms with Crippen LogP contribution in [0.25, 0.3) is 16.5 Å². The number of hydrogen-bond acceptors (Lipinski definition) is 10. The first kappa shape index (κ1) is 42.4. The molecule has 306 valence electrons. The molecule has 0 bridgehead atoms. The second-order valence-corrected chi connectivity index (χ2v) is 18.9. The molecule has 3 amide bonds. The van der Waals surface area contributed by atoms with Gasteiger partial charge in [-0.15, -0.1) is 0 Å². The van der Waals surface area contributed by atoms with Gasteiger partial charge in [-0.05, 0) is 130 Å². The highest BCUT2D eigenvalue weighted by Gasteiger charge is 2.51. The van der Waals surface area contributed by atoms with Crippen molar-refractivity contribution in [2.24, 2.45) is 4.99 Å². The number of aliphatic imine (C=N–C) groups is 1. The van der Waals surface area contributed by atoms with Gasteiger partial charge in [0, 0.05) is 35.9 Å². The Balaban J connectivity index is 0.000000199. The molecule has 3 aromatic rings. The van der Waals surface area contributed by atoms with Gasteiger partial charge in [-0.25, -0.2) is 9.59 Å². The molecule has 5 heterocycles. The van der Waals surface area contributed by atoms with E-state index < -0.39 is 23.3 Å². The van der Waals surface area contributed by atoms with Gasteiger partial charge in [-0.1, -0.05) is 45.4 Å². The first-order valence-electron chi connectivity index (χ1n) is 19.7. The van der Waals surface area contributed by atoms with Crippen LogP contribution in [0.4, 0.5) is 15.4 Å². The molecule has 4 aliphatic rings. The van der Waals surface area contributed by atoms with Crippen molar-refractivity contribution < 1.29 is 37.7 Å². The molecule has 3 saturated heterocycles. The van der Waals surface area contributed by atoms with Crippen molar-refractivity contribution in [1.82, 2.24) is 15.0 Å². The predicted molar refractivity (Wildman–Crippen MR) is 224 cm³/mol. The quantitative estimate of drug-likeness (QED) is 0.250. The first-order chi connectivity index (χ1) is 26.6. The lowest BCUT2D eigenvalue weighted by Crippen LogP contribution is -2.45. The molecule has 15 heteroatoms. The van der Waals surface area contributed by atoms with Gasteiger partial charge in [0.2, 0.25) is 5.91 Å². The third-order valence-corrected chi connectivity index (χ3v) is 11.2. The summed E-state index contributed by atoms with van der Waals surface area (Å²) >= 11 is 3.39. The van der Waals surface area contributed by atoms with Crippen LogP contribution in [0.2, 0.25) is 0 Å². The fraction of sp³-hybridized carbons (Fsp3) is 0.548. The summed E-state index contributed by atoms with van der Waals surface area (Å²) in [5.74, 6) is 0.0517. The van der Waals surface area contributed by atoms with Crippen LogP contribution in [0.5, 0.6) is 0 Å². The maximum Gasteiger partial charge on any atom is 0.494 e. The Kier molecular flexibility index (Phi) is 12.1. The number of aromatic nitrogens is 1. The number of nitrogens with zero attached hydrogens (tertiary/aromatic N) is 4. The molecule has 0 saturated carbocycles. The summed E-state index contributed by atoms with van der Waals surface area (Å²) in [7, 11) is -0.362. The van der Waals surface area contributed by atoms with Crippen molar-refractivity contribution in [3.63, 3.8) is 0 Å². The van der Waals surface area contributed by atoms with Crippen molar-refractivity contribution in [3.8, 4) is 0 Å². The Morgan fingerprint density at radius 1 is 0.860 bits per heavy atom. The molecule has 0 radical (unpaired) electrons. The fourth-order valence-electron chi connectivity index (χ4n) is 7.09. The van der Waals surface area contributed by atoms with Gasteiger partial charge in [0.1, 0.15) is 17.2 Å². The Morgan fingerprint density at radius 2 is 1.46 bits per heavy atom. The molecule has 0 spiro atoms. The van der Waals surface area contributed by atoms with Gasteiger partial charge in [0.25, 0.3) is 0 Å². The van der Waals surface area contributed by atoms with Crippen LogP contribution < -0.4 is 10.8 Å². The van der Waals surface area contributed by atoms with Crippen molar-refractivity contribution in [2.45, 2.75) is 136 Å². The number of rotatable bonds is 5. The van der Waals surface area contributed by atoms with E-state index in [0.717, 1.165) is 59.0 Å². The van der Waals surface area contributed by atoms with Crippen LogP contribution in [0, 0.1) is 0 Å². The smallest absolute Gasteiger partial charge is 0.444 e. The van der Waals surface area contributed by atoms with Gasteiger partial charge in [-0.3, -0.25) is 19.6 Å². The predicted octanol–water partition coefficient (Wildman–Crippen LogP) is 8.50. The van der Waals surface area contributed by atoms with Crippen LogP contribution >= 0.6 is 15.9 Å². The number of nitrogens with one attached hydrogen (secondary N) is 1. The number of amides is 3. The lowest BCUT2D eigenvalue weighted by molar-refractivity contribution is -0.120.